The van der Waals surface area contributed by atoms with E-state index in [4.69, 9.17) is 9.84 Å². The highest BCUT2D eigenvalue weighted by atomic mass is 16.5. The summed E-state index contributed by atoms with van der Waals surface area (Å²) in [6.07, 6.45) is 2.90. The molecule has 0 saturated carbocycles. The Bertz CT molecular complexity index is 1020. The van der Waals surface area contributed by atoms with Gasteiger partial charge in [-0.25, -0.2) is 0 Å². The van der Waals surface area contributed by atoms with Crippen LogP contribution in [0.2, 0.25) is 0 Å². The minimum atomic E-state index is -1.01. The molecule has 0 aromatic heterocycles. The van der Waals surface area contributed by atoms with E-state index in [0.29, 0.717) is 24.0 Å². The van der Waals surface area contributed by atoms with Gasteiger partial charge in [0, 0.05) is 0 Å². The molecule has 0 saturated heterocycles. The second-order valence-electron chi connectivity index (χ2n) is 9.65. The van der Waals surface area contributed by atoms with Crippen molar-refractivity contribution in [1.82, 2.24) is 0 Å². The predicted molar refractivity (Wildman–Crippen MR) is 138 cm³/mol. The molecule has 0 atom stereocenters. The van der Waals surface area contributed by atoms with Crippen LogP contribution in [0, 0.1) is 0 Å². The van der Waals surface area contributed by atoms with Crippen LogP contribution in [-0.4, -0.2) is 17.0 Å². The topological polar surface area (TPSA) is 63.6 Å². The molecule has 0 spiro atoms. The van der Waals surface area contributed by atoms with Crippen molar-refractivity contribution in [2.75, 3.05) is 0 Å². The number of carboxylic acids is 1. The normalized spacial score (nSPS) is 12.6. The summed E-state index contributed by atoms with van der Waals surface area (Å²) in [6, 6.07) is 17.1. The molecule has 0 aliphatic rings. The van der Waals surface area contributed by atoms with Gasteiger partial charge in [-0.3, -0.25) is 9.59 Å². The Hall–Kier alpha value is -3.14. The number of carboxylic acid groups (broad SMARTS) is 1. The Morgan fingerprint density at radius 2 is 1.26 bits per heavy atom. The van der Waals surface area contributed by atoms with Gasteiger partial charge < -0.3 is 9.84 Å². The maximum atomic E-state index is 12.3. The standard InChI is InChI=1S/C30H38O4/c1-20(2)26-11-7-24(8-12-26)17-22(5)18-28(34-30(33)16-15-29(31)32)23(6)19-25-9-13-27(14-10-25)21(3)4/h7-14,18,20-21H,15-17,19H2,1-6H3,(H,31,32). The Morgan fingerprint density at radius 1 is 0.794 bits per heavy atom. The summed E-state index contributed by atoms with van der Waals surface area (Å²) in [4.78, 5) is 23.2. The number of esters is 1. The fourth-order valence-electron chi connectivity index (χ4n) is 3.65. The van der Waals surface area contributed by atoms with E-state index in [1.807, 2.05) is 19.9 Å². The number of aliphatic carboxylic acids is 1. The Kier molecular flexibility index (Phi) is 10.3. The maximum Gasteiger partial charge on any atom is 0.311 e. The molecule has 1 N–H and O–H groups in total. The Balaban J connectivity index is 2.25. The summed E-state index contributed by atoms with van der Waals surface area (Å²) >= 11 is 0. The first-order valence-electron chi connectivity index (χ1n) is 12.0. The van der Waals surface area contributed by atoms with Crippen LogP contribution in [-0.2, 0) is 27.2 Å². The molecule has 2 aromatic carbocycles. The lowest BCUT2D eigenvalue weighted by Gasteiger charge is -2.13. The number of hydrogen-bond donors (Lipinski definition) is 1. The number of carbonyl (C=O) groups excluding carboxylic acids is 1. The zero-order valence-electron chi connectivity index (χ0n) is 21.4. The first-order valence-corrected chi connectivity index (χ1v) is 12.0. The average molecular weight is 463 g/mol. The number of ether oxygens (including phenoxy) is 1. The summed E-state index contributed by atoms with van der Waals surface area (Å²) < 4.78 is 5.66. The molecule has 0 radical (unpaired) electrons. The Morgan fingerprint density at radius 3 is 1.71 bits per heavy atom. The first-order chi connectivity index (χ1) is 16.0. The van der Waals surface area contributed by atoms with Crippen LogP contribution < -0.4 is 0 Å². The van der Waals surface area contributed by atoms with Crippen LogP contribution in [0.4, 0.5) is 0 Å². The lowest BCUT2D eigenvalue weighted by Crippen LogP contribution is -2.09. The van der Waals surface area contributed by atoms with Crippen LogP contribution in [0.25, 0.3) is 0 Å². The number of rotatable bonds is 11. The molecule has 2 aromatic rings. The van der Waals surface area contributed by atoms with Gasteiger partial charge in [-0.15, -0.1) is 0 Å². The van der Waals surface area contributed by atoms with Crippen molar-refractivity contribution < 1.29 is 19.4 Å². The lowest BCUT2D eigenvalue weighted by molar-refractivity contribution is -0.144. The summed E-state index contributed by atoms with van der Waals surface area (Å²) in [5.74, 6) is -0.0859. The molecule has 34 heavy (non-hydrogen) atoms. The third-order valence-corrected chi connectivity index (χ3v) is 5.81. The Labute approximate surface area is 204 Å². The molecule has 0 unspecified atom stereocenters. The highest BCUT2D eigenvalue weighted by Gasteiger charge is 2.12. The SMILES string of the molecule is CC(=CC(OC(=O)CCC(=O)O)=C(C)Cc1ccc(C(C)C)cc1)Cc1ccc(C(C)C)cc1. The highest BCUT2D eigenvalue weighted by molar-refractivity contribution is 5.77. The van der Waals surface area contributed by atoms with Crippen LogP contribution in [0.3, 0.4) is 0 Å². The molecule has 4 heteroatoms. The molecule has 4 nitrogen and oxygen atoms in total. The van der Waals surface area contributed by atoms with Crippen molar-refractivity contribution in [2.24, 2.45) is 0 Å². The van der Waals surface area contributed by atoms with E-state index in [1.54, 1.807) is 0 Å². The van der Waals surface area contributed by atoms with E-state index in [2.05, 4.69) is 76.2 Å². The fraction of sp³-hybridized carbons (Fsp3) is 0.400. The van der Waals surface area contributed by atoms with Gasteiger partial charge >= 0.3 is 11.9 Å². The van der Waals surface area contributed by atoms with Gasteiger partial charge in [-0.1, -0.05) is 81.8 Å². The maximum absolute atomic E-state index is 12.3. The molecule has 2 rings (SSSR count). The molecule has 182 valence electrons. The number of allylic oxidation sites excluding steroid dienone is 3. The van der Waals surface area contributed by atoms with Gasteiger partial charge in [0.25, 0.3) is 0 Å². The van der Waals surface area contributed by atoms with Crippen molar-refractivity contribution in [3.8, 4) is 0 Å². The first kappa shape index (κ1) is 27.1. The zero-order chi connectivity index (χ0) is 25.3. The van der Waals surface area contributed by atoms with Crippen LogP contribution >= 0.6 is 0 Å². The molecular formula is C30H38O4. The van der Waals surface area contributed by atoms with Crippen molar-refractivity contribution in [1.29, 1.82) is 0 Å². The lowest BCUT2D eigenvalue weighted by atomic mass is 9.97. The molecule has 0 heterocycles. The molecule has 0 fully saturated rings. The number of carbonyl (C=O) groups is 2. The van der Waals surface area contributed by atoms with E-state index in [9.17, 15) is 9.59 Å². The molecule has 0 aliphatic carbocycles. The predicted octanol–water partition coefficient (Wildman–Crippen LogP) is 7.35. The van der Waals surface area contributed by atoms with E-state index >= 15 is 0 Å². The smallest absolute Gasteiger partial charge is 0.311 e. The molecular weight excluding hydrogens is 424 g/mol. The third-order valence-electron chi connectivity index (χ3n) is 5.81. The van der Waals surface area contributed by atoms with Crippen molar-refractivity contribution in [3.63, 3.8) is 0 Å². The second kappa shape index (κ2) is 12.9. The summed E-state index contributed by atoms with van der Waals surface area (Å²) in [6.45, 7) is 12.7. The van der Waals surface area contributed by atoms with Crippen LogP contribution in [0.1, 0.15) is 88.5 Å². The fourth-order valence-corrected chi connectivity index (χ4v) is 3.65. The van der Waals surface area contributed by atoms with Crippen molar-refractivity contribution >= 4 is 11.9 Å². The van der Waals surface area contributed by atoms with Gasteiger partial charge in [-0.2, -0.15) is 0 Å². The number of hydrogen-bond acceptors (Lipinski definition) is 3. The van der Waals surface area contributed by atoms with Gasteiger partial charge in [-0.05, 0) is 72.4 Å². The summed E-state index contributed by atoms with van der Waals surface area (Å²) in [7, 11) is 0. The zero-order valence-corrected chi connectivity index (χ0v) is 21.4. The minimum Gasteiger partial charge on any atom is -0.481 e. The number of benzene rings is 2. The van der Waals surface area contributed by atoms with E-state index in [1.165, 1.54) is 16.7 Å². The van der Waals surface area contributed by atoms with Crippen molar-refractivity contribution in [3.05, 3.63) is 93.8 Å². The highest BCUT2D eigenvalue weighted by Crippen LogP contribution is 2.21. The van der Waals surface area contributed by atoms with E-state index < -0.39 is 11.9 Å². The monoisotopic (exact) mass is 462 g/mol. The van der Waals surface area contributed by atoms with Gasteiger partial charge in [0.05, 0.1) is 12.8 Å². The van der Waals surface area contributed by atoms with Crippen molar-refractivity contribution in [2.45, 2.75) is 79.1 Å². The quantitative estimate of drug-likeness (QED) is 0.215. The van der Waals surface area contributed by atoms with Gasteiger partial charge in [0.1, 0.15) is 5.76 Å². The molecule has 0 aliphatic heterocycles. The molecule has 0 bridgehead atoms. The summed E-state index contributed by atoms with van der Waals surface area (Å²) in [5, 5.41) is 8.89. The van der Waals surface area contributed by atoms with Crippen LogP contribution in [0.15, 0.2) is 71.5 Å². The van der Waals surface area contributed by atoms with E-state index in [-0.39, 0.29) is 12.8 Å². The van der Waals surface area contributed by atoms with Crippen LogP contribution in [0.5, 0.6) is 0 Å². The second-order valence-corrected chi connectivity index (χ2v) is 9.65. The molecule has 0 amide bonds. The average Bonchev–Trinajstić information content (AvgIpc) is 2.78. The largest absolute Gasteiger partial charge is 0.481 e. The van der Waals surface area contributed by atoms with Gasteiger partial charge in [0.15, 0.2) is 0 Å². The van der Waals surface area contributed by atoms with Gasteiger partial charge in [0.2, 0.25) is 0 Å². The third kappa shape index (κ3) is 9.01. The summed E-state index contributed by atoms with van der Waals surface area (Å²) in [5.41, 5.74) is 6.90. The van der Waals surface area contributed by atoms with E-state index in [0.717, 1.165) is 23.1 Å². The minimum absolute atomic E-state index is 0.154.